The third-order valence-electron chi connectivity index (χ3n) is 3.03. The van der Waals surface area contributed by atoms with Crippen LogP contribution in [0.15, 0.2) is 29.3 Å². The van der Waals surface area contributed by atoms with Crippen LogP contribution >= 0.6 is 23.5 Å². The van der Waals surface area contributed by atoms with Crippen LogP contribution in [0.3, 0.4) is 0 Å². The molecule has 3 rings (SSSR count). The van der Waals surface area contributed by atoms with E-state index in [-0.39, 0.29) is 11.8 Å². The van der Waals surface area contributed by atoms with Crippen molar-refractivity contribution in [1.82, 2.24) is 15.0 Å². The fourth-order valence-electron chi connectivity index (χ4n) is 1.98. The smallest absolute Gasteiger partial charge is 0.253 e. The van der Waals surface area contributed by atoms with Crippen molar-refractivity contribution >= 4 is 40.3 Å². The highest BCUT2D eigenvalue weighted by Crippen LogP contribution is 2.33. The summed E-state index contributed by atoms with van der Waals surface area (Å²) in [5, 5.41) is 1.31. The SMILES string of the molecule is COc1nc(OC)c(NSc2c[nH]c3nc(Cl)ccc23)cc1F. The molecule has 0 fully saturated rings. The van der Waals surface area contributed by atoms with E-state index in [0.717, 1.165) is 10.3 Å². The van der Waals surface area contributed by atoms with E-state index in [9.17, 15) is 4.39 Å². The number of hydrogen-bond donors (Lipinski definition) is 2. The minimum absolute atomic E-state index is 0.122. The van der Waals surface area contributed by atoms with Gasteiger partial charge in [0.05, 0.1) is 19.1 Å². The minimum Gasteiger partial charge on any atom is -0.479 e. The van der Waals surface area contributed by atoms with Crippen LogP contribution < -0.4 is 14.2 Å². The number of fused-ring (bicyclic) bond motifs is 1. The van der Waals surface area contributed by atoms with Crippen LogP contribution in [-0.2, 0) is 0 Å². The predicted octanol–water partition coefficient (Wildman–Crippen LogP) is 3.89. The van der Waals surface area contributed by atoms with E-state index < -0.39 is 5.82 Å². The van der Waals surface area contributed by atoms with E-state index in [2.05, 4.69) is 19.7 Å². The first-order chi connectivity index (χ1) is 11.1. The maximum Gasteiger partial charge on any atom is 0.253 e. The summed E-state index contributed by atoms with van der Waals surface area (Å²) in [6, 6.07) is 4.83. The summed E-state index contributed by atoms with van der Waals surface area (Å²) < 4.78 is 26.8. The standard InChI is InChI=1S/C14H12ClFN4O2S/c1-21-13-8(16)5-9(14(19-13)22-2)20-23-10-6-17-12-7(10)3-4-11(15)18-12/h3-6,20H,1-2H3,(H,17,18). The molecular formula is C14H12ClFN4O2S. The monoisotopic (exact) mass is 354 g/mol. The molecule has 0 aliphatic heterocycles. The van der Waals surface area contributed by atoms with E-state index in [4.69, 9.17) is 21.1 Å². The lowest BCUT2D eigenvalue weighted by Crippen LogP contribution is -2.00. The number of pyridine rings is 2. The predicted molar refractivity (Wildman–Crippen MR) is 87.9 cm³/mol. The van der Waals surface area contributed by atoms with E-state index in [1.807, 2.05) is 6.07 Å². The van der Waals surface area contributed by atoms with Gasteiger partial charge >= 0.3 is 0 Å². The lowest BCUT2D eigenvalue weighted by molar-refractivity contribution is 0.346. The van der Waals surface area contributed by atoms with Crippen molar-refractivity contribution in [2.24, 2.45) is 0 Å². The molecular weight excluding hydrogens is 343 g/mol. The van der Waals surface area contributed by atoms with E-state index in [1.165, 1.54) is 32.2 Å². The first-order valence-electron chi connectivity index (χ1n) is 6.47. The van der Waals surface area contributed by atoms with Crippen LogP contribution in [0.5, 0.6) is 11.8 Å². The first kappa shape index (κ1) is 15.7. The van der Waals surface area contributed by atoms with Gasteiger partial charge in [-0.05, 0) is 24.1 Å². The normalized spacial score (nSPS) is 10.8. The lowest BCUT2D eigenvalue weighted by atomic mass is 10.3. The van der Waals surface area contributed by atoms with Crippen molar-refractivity contribution in [3.63, 3.8) is 0 Å². The molecule has 0 amide bonds. The van der Waals surface area contributed by atoms with Crippen LogP contribution in [0.4, 0.5) is 10.1 Å². The Morgan fingerprint density at radius 2 is 2.00 bits per heavy atom. The summed E-state index contributed by atoms with van der Waals surface area (Å²) in [6.07, 6.45) is 1.78. The lowest BCUT2D eigenvalue weighted by Gasteiger charge is -2.11. The zero-order valence-electron chi connectivity index (χ0n) is 12.2. The molecule has 0 radical (unpaired) electrons. The summed E-state index contributed by atoms with van der Waals surface area (Å²) in [5.41, 5.74) is 1.07. The maximum atomic E-state index is 13.8. The molecule has 0 saturated carbocycles. The molecule has 23 heavy (non-hydrogen) atoms. The Morgan fingerprint density at radius 3 is 2.74 bits per heavy atom. The van der Waals surface area contributed by atoms with E-state index in [0.29, 0.717) is 16.5 Å². The second-order valence-electron chi connectivity index (χ2n) is 4.42. The molecule has 0 atom stereocenters. The molecule has 0 spiro atoms. The van der Waals surface area contributed by atoms with Gasteiger partial charge in [-0.15, -0.1) is 0 Å². The van der Waals surface area contributed by atoms with Gasteiger partial charge in [-0.25, -0.2) is 9.37 Å². The number of ether oxygens (including phenoxy) is 2. The minimum atomic E-state index is -0.580. The Morgan fingerprint density at radius 1 is 1.22 bits per heavy atom. The van der Waals surface area contributed by atoms with Gasteiger partial charge in [-0.2, -0.15) is 4.98 Å². The molecule has 0 aliphatic rings. The zero-order chi connectivity index (χ0) is 16.4. The molecule has 3 aromatic heterocycles. The Bertz CT molecular complexity index is 858. The summed E-state index contributed by atoms with van der Waals surface area (Å²) in [6.45, 7) is 0. The van der Waals surface area contributed by atoms with Crippen LogP contribution in [-0.4, -0.2) is 29.2 Å². The number of nitrogens with zero attached hydrogens (tertiary/aromatic N) is 2. The van der Waals surface area contributed by atoms with Crippen LogP contribution in [0.1, 0.15) is 0 Å². The van der Waals surface area contributed by atoms with Gasteiger partial charge in [0, 0.05) is 17.6 Å². The highest BCUT2D eigenvalue weighted by Gasteiger charge is 2.14. The van der Waals surface area contributed by atoms with Crippen LogP contribution in [0.25, 0.3) is 11.0 Å². The number of rotatable bonds is 5. The molecule has 3 aromatic rings. The average Bonchev–Trinajstić information content (AvgIpc) is 2.95. The Hall–Kier alpha value is -2.19. The van der Waals surface area contributed by atoms with Gasteiger partial charge in [-0.1, -0.05) is 11.6 Å². The van der Waals surface area contributed by atoms with Crippen molar-refractivity contribution in [2.45, 2.75) is 4.90 Å². The van der Waals surface area contributed by atoms with Crippen molar-refractivity contribution in [1.29, 1.82) is 0 Å². The molecule has 3 heterocycles. The topological polar surface area (TPSA) is 72.1 Å². The van der Waals surface area contributed by atoms with Crippen molar-refractivity contribution in [3.05, 3.63) is 35.4 Å². The fraction of sp³-hybridized carbons (Fsp3) is 0.143. The van der Waals surface area contributed by atoms with Gasteiger partial charge in [0.2, 0.25) is 5.88 Å². The molecule has 120 valence electrons. The summed E-state index contributed by atoms with van der Waals surface area (Å²) in [5.74, 6) is -0.469. The van der Waals surface area contributed by atoms with Gasteiger partial charge in [-0.3, -0.25) is 0 Å². The molecule has 0 aromatic carbocycles. The molecule has 0 bridgehead atoms. The third-order valence-corrected chi connectivity index (χ3v) is 4.12. The second kappa shape index (κ2) is 6.51. The van der Waals surface area contributed by atoms with Crippen LogP contribution in [0, 0.1) is 5.82 Å². The quantitative estimate of drug-likeness (QED) is 0.535. The van der Waals surface area contributed by atoms with E-state index >= 15 is 0 Å². The van der Waals surface area contributed by atoms with Crippen molar-refractivity contribution in [3.8, 4) is 11.8 Å². The summed E-state index contributed by atoms with van der Waals surface area (Å²) >= 11 is 7.13. The number of methoxy groups -OCH3 is 2. The molecule has 0 unspecified atom stereocenters. The van der Waals surface area contributed by atoms with Gasteiger partial charge in [0.1, 0.15) is 16.5 Å². The number of halogens is 2. The molecule has 9 heteroatoms. The number of aromatic nitrogens is 3. The van der Waals surface area contributed by atoms with Gasteiger partial charge in [0.15, 0.2) is 5.82 Å². The van der Waals surface area contributed by atoms with Gasteiger partial charge < -0.3 is 19.2 Å². The summed E-state index contributed by atoms with van der Waals surface area (Å²) in [4.78, 5) is 12.0. The van der Waals surface area contributed by atoms with Crippen molar-refractivity contribution < 1.29 is 13.9 Å². The molecule has 0 aliphatic carbocycles. The zero-order valence-corrected chi connectivity index (χ0v) is 13.8. The number of nitrogens with one attached hydrogen (secondary N) is 2. The Kier molecular flexibility index (Phi) is 4.44. The average molecular weight is 355 g/mol. The number of H-pyrrole nitrogens is 1. The number of hydrogen-bond acceptors (Lipinski definition) is 6. The largest absolute Gasteiger partial charge is 0.479 e. The van der Waals surface area contributed by atoms with Crippen molar-refractivity contribution in [2.75, 3.05) is 18.9 Å². The summed E-state index contributed by atoms with van der Waals surface area (Å²) in [7, 11) is 2.80. The fourth-order valence-corrected chi connectivity index (χ4v) is 2.88. The second-order valence-corrected chi connectivity index (χ2v) is 5.66. The molecule has 6 nitrogen and oxygen atoms in total. The number of aromatic amines is 1. The highest BCUT2D eigenvalue weighted by molar-refractivity contribution is 8.00. The Labute approximate surface area is 140 Å². The Balaban J connectivity index is 1.86. The highest BCUT2D eigenvalue weighted by atomic mass is 35.5. The first-order valence-corrected chi connectivity index (χ1v) is 7.67. The maximum absolute atomic E-state index is 13.8. The molecule has 0 saturated heterocycles. The van der Waals surface area contributed by atoms with Gasteiger partial charge in [0.25, 0.3) is 5.88 Å². The number of anilines is 1. The molecule has 2 N–H and O–H groups in total. The third kappa shape index (κ3) is 3.13. The van der Waals surface area contributed by atoms with Crippen LogP contribution in [0.2, 0.25) is 5.15 Å². The van der Waals surface area contributed by atoms with E-state index in [1.54, 1.807) is 12.3 Å².